The van der Waals surface area contributed by atoms with Crippen molar-refractivity contribution in [3.8, 4) is 0 Å². The second-order valence-electron chi connectivity index (χ2n) is 14.1. The number of nitrogens with one attached hydrogen (secondary N) is 2. The number of aryl methyl sites for hydroxylation is 4. The third-order valence-corrected chi connectivity index (χ3v) is 10.1. The molecule has 4 aromatic carbocycles. The number of anilines is 2. The molecule has 0 fully saturated rings. The number of amides is 2. The van der Waals surface area contributed by atoms with Gasteiger partial charge in [-0.1, -0.05) is 104 Å². The van der Waals surface area contributed by atoms with E-state index in [1.165, 1.54) is 20.9 Å². The number of hydrogen-bond donors (Lipinski definition) is 4. The highest BCUT2D eigenvalue weighted by molar-refractivity contribution is 6.02. The van der Waals surface area contributed by atoms with Gasteiger partial charge >= 0.3 is 24.2 Å². The second kappa shape index (κ2) is 26.4. The molecule has 60 heavy (non-hydrogen) atoms. The zero-order valence-electron chi connectivity index (χ0n) is 33.7. The number of carboxylic acids is 2. The molecule has 0 unspecified atom stereocenters. The Hall–Kier alpha value is -6.56. The van der Waals surface area contributed by atoms with Crippen molar-refractivity contribution in [1.82, 2.24) is 10.6 Å². The molecule has 2 amide bonds. The Labute approximate surface area is 349 Å². The number of carbonyl (C=O) groups is 4. The smallest absolute Gasteiger partial charge is 0.373 e. The van der Waals surface area contributed by atoms with Crippen molar-refractivity contribution in [3.05, 3.63) is 131 Å². The van der Waals surface area contributed by atoms with E-state index in [4.69, 9.17) is 19.2 Å². The monoisotopic (exact) mass is 820 g/mol. The number of carboxylic acid groups (broad SMARTS) is 2. The average molecular weight is 821 g/mol. The Bertz CT molecular complexity index is 2020. The molecule has 3 atom stereocenters. The summed E-state index contributed by atoms with van der Waals surface area (Å²) >= 11 is 0. The first-order valence-electron chi connectivity index (χ1n) is 19.8. The zero-order chi connectivity index (χ0) is 43.7. The second-order valence-corrected chi connectivity index (χ2v) is 14.1. The molecule has 0 bridgehead atoms. The van der Waals surface area contributed by atoms with Gasteiger partial charge < -0.3 is 20.8 Å². The van der Waals surface area contributed by atoms with Crippen molar-refractivity contribution in [2.45, 2.75) is 82.8 Å². The molecule has 0 aliphatic carbocycles. The molecule has 2 aliphatic heterocycles. The van der Waals surface area contributed by atoms with Crippen LogP contribution in [0, 0.1) is 0 Å². The molecule has 2 aliphatic rings. The van der Waals surface area contributed by atoms with Crippen molar-refractivity contribution in [2.75, 3.05) is 29.4 Å². The van der Waals surface area contributed by atoms with Gasteiger partial charge in [-0.2, -0.15) is 19.2 Å². The Morgan fingerprint density at radius 2 is 1.07 bits per heavy atom. The lowest BCUT2D eigenvalue weighted by Crippen LogP contribution is -2.50. The minimum absolute atomic E-state index is 0.148. The summed E-state index contributed by atoms with van der Waals surface area (Å²) in [5.41, 5.74) is 6.05. The number of benzene rings is 4. The van der Waals surface area contributed by atoms with Crippen LogP contribution < -0.4 is 20.4 Å². The van der Waals surface area contributed by atoms with E-state index in [1.54, 1.807) is 0 Å². The van der Waals surface area contributed by atoms with Crippen LogP contribution in [0.25, 0.3) is 0 Å². The number of para-hydroxylation sites is 2. The maximum absolute atomic E-state index is 13.2. The van der Waals surface area contributed by atoms with Crippen LogP contribution in [0.1, 0.15) is 61.3 Å². The predicted molar refractivity (Wildman–Crippen MR) is 222 cm³/mol. The van der Waals surface area contributed by atoms with Crippen LogP contribution in [0.2, 0.25) is 0 Å². The van der Waals surface area contributed by atoms with Crippen molar-refractivity contribution in [2.24, 2.45) is 0 Å². The normalized spacial score (nSPS) is 15.8. The molecule has 0 saturated heterocycles. The summed E-state index contributed by atoms with van der Waals surface area (Å²) in [6.45, 7) is 2.23. The van der Waals surface area contributed by atoms with Gasteiger partial charge in [0.15, 0.2) is 0 Å². The standard InChI is InChI=1S/C23H28N2O3.C21H24N2O3.2CO2/c1-2-19(14-12-17-8-4-3-5-9-17)24-20-15-13-18-10-6-7-11-21(18)25(23(20)28)16-22(26)27;24-20(25)15-23-19-11-5-4-10-17(19)12-13-18(21(23)26)22-14-6-9-16-7-2-1-3-8-16;2*2-1-3/h3-11,19-20,24H,2,12-16H2,1H3,(H,26,27);1-5,7-8,10-11,18,22H,6,9,12-15H2,(H,24,25);;/t19-,20+;18-;;/m10../s1. The van der Waals surface area contributed by atoms with Crippen molar-refractivity contribution in [1.29, 1.82) is 0 Å². The van der Waals surface area contributed by atoms with E-state index in [-0.39, 0.29) is 55.3 Å². The van der Waals surface area contributed by atoms with Gasteiger partial charge in [0.2, 0.25) is 11.8 Å². The molecule has 2 heterocycles. The summed E-state index contributed by atoms with van der Waals surface area (Å²) in [6.07, 6.45) is 8.06. The summed E-state index contributed by atoms with van der Waals surface area (Å²) in [7, 11) is 0. The number of carbonyl (C=O) groups excluding carboxylic acids is 6. The molecule has 14 nitrogen and oxygen atoms in total. The zero-order valence-corrected chi connectivity index (χ0v) is 33.7. The maximum atomic E-state index is 13.2. The average Bonchev–Trinajstić information content (AvgIpc) is 3.46. The fraction of sp³-hybridized carbons (Fsp3) is 0.348. The van der Waals surface area contributed by atoms with Gasteiger partial charge in [0.25, 0.3) is 0 Å². The molecule has 4 aromatic rings. The van der Waals surface area contributed by atoms with E-state index in [1.807, 2.05) is 84.9 Å². The highest BCUT2D eigenvalue weighted by Crippen LogP contribution is 2.28. The van der Waals surface area contributed by atoms with Crippen molar-refractivity contribution >= 4 is 47.4 Å². The van der Waals surface area contributed by atoms with Gasteiger partial charge in [0, 0.05) is 17.4 Å². The first-order chi connectivity index (χ1) is 29.1. The SMILES string of the molecule is CC[C@H](CCc1ccccc1)N[C@H]1CCc2ccccc2N(CC(=O)O)C1=O.O=C(O)CN1C(=O)[C@@H](NCCCc2ccccc2)CCc2ccccc21.O=C=O.O=C=O. The number of hydrogen-bond acceptors (Lipinski definition) is 10. The molecule has 6 rings (SSSR count). The fourth-order valence-corrected chi connectivity index (χ4v) is 7.26. The minimum Gasteiger partial charge on any atom is -0.480 e. The van der Waals surface area contributed by atoms with Crippen molar-refractivity contribution < 1.29 is 48.6 Å². The summed E-state index contributed by atoms with van der Waals surface area (Å²) in [4.78, 5) is 84.0. The van der Waals surface area contributed by atoms with Gasteiger partial charge in [-0.05, 0) is 98.7 Å². The van der Waals surface area contributed by atoms with Crippen LogP contribution in [-0.4, -0.2) is 84.0 Å². The van der Waals surface area contributed by atoms with Gasteiger partial charge in [0.05, 0.1) is 12.1 Å². The van der Waals surface area contributed by atoms with Crippen LogP contribution in [0.3, 0.4) is 0 Å². The summed E-state index contributed by atoms with van der Waals surface area (Å²) in [6, 6.07) is 35.2. The Morgan fingerprint density at radius 3 is 1.53 bits per heavy atom. The van der Waals surface area contributed by atoms with Crippen LogP contribution in [0.5, 0.6) is 0 Å². The highest BCUT2D eigenvalue weighted by Gasteiger charge is 2.33. The molecule has 316 valence electrons. The first kappa shape index (κ1) is 47.8. The highest BCUT2D eigenvalue weighted by atomic mass is 16.4. The van der Waals surface area contributed by atoms with Crippen molar-refractivity contribution in [3.63, 3.8) is 0 Å². The Kier molecular flexibility index (Phi) is 21.1. The van der Waals surface area contributed by atoms with Crippen LogP contribution in [0.15, 0.2) is 109 Å². The van der Waals surface area contributed by atoms with E-state index >= 15 is 0 Å². The van der Waals surface area contributed by atoms with Gasteiger partial charge in [0.1, 0.15) is 13.1 Å². The fourth-order valence-electron chi connectivity index (χ4n) is 7.26. The molecular formula is C46H52N4O10. The van der Waals surface area contributed by atoms with Gasteiger partial charge in [-0.25, -0.2) is 0 Å². The minimum atomic E-state index is -1.00. The lowest BCUT2D eigenvalue weighted by atomic mass is 10.0. The lowest BCUT2D eigenvalue weighted by molar-refractivity contribution is -0.193. The largest absolute Gasteiger partial charge is 0.480 e. The van der Waals surface area contributed by atoms with Gasteiger partial charge in [-0.15, -0.1) is 0 Å². The lowest BCUT2D eigenvalue weighted by Gasteiger charge is -2.27. The summed E-state index contributed by atoms with van der Waals surface area (Å²) in [5, 5.41) is 25.4. The number of nitrogens with zero attached hydrogens (tertiary/aromatic N) is 2. The number of rotatable bonds is 15. The number of fused-ring (bicyclic) bond motifs is 2. The first-order valence-corrected chi connectivity index (χ1v) is 19.8. The van der Waals surface area contributed by atoms with Gasteiger partial charge in [-0.3, -0.25) is 29.0 Å². The molecule has 14 heteroatoms. The topological polar surface area (TPSA) is 208 Å². The van der Waals surface area contributed by atoms with Crippen LogP contribution in [0.4, 0.5) is 11.4 Å². The quantitative estimate of drug-likeness (QED) is 0.118. The molecule has 0 spiro atoms. The summed E-state index contributed by atoms with van der Waals surface area (Å²) in [5.74, 6) is -2.31. The van der Waals surface area contributed by atoms with E-state index in [9.17, 15) is 29.4 Å². The van der Waals surface area contributed by atoms with Crippen LogP contribution in [-0.2, 0) is 64.0 Å². The molecule has 0 saturated carbocycles. The maximum Gasteiger partial charge on any atom is 0.373 e. The number of aliphatic carboxylic acids is 2. The Balaban J connectivity index is 0.000000284. The predicted octanol–water partition coefficient (Wildman–Crippen LogP) is 4.89. The van der Waals surface area contributed by atoms with E-state index in [0.29, 0.717) is 18.5 Å². The molecule has 4 N–H and O–H groups in total. The Morgan fingerprint density at radius 1 is 0.650 bits per heavy atom. The third kappa shape index (κ3) is 15.7. The molecule has 0 radical (unpaired) electrons. The molecular weight excluding hydrogens is 769 g/mol. The summed E-state index contributed by atoms with van der Waals surface area (Å²) < 4.78 is 0. The van der Waals surface area contributed by atoms with E-state index in [2.05, 4.69) is 41.8 Å². The van der Waals surface area contributed by atoms with E-state index in [0.717, 1.165) is 68.3 Å². The van der Waals surface area contributed by atoms with E-state index < -0.39 is 11.9 Å². The third-order valence-electron chi connectivity index (χ3n) is 10.1. The molecule has 0 aromatic heterocycles. The van der Waals surface area contributed by atoms with Crippen LogP contribution >= 0.6 is 0 Å².